The molecule has 0 saturated heterocycles. The normalized spacial score (nSPS) is 12.1. The highest BCUT2D eigenvalue weighted by molar-refractivity contribution is 7.15. The van der Waals surface area contributed by atoms with Crippen LogP contribution in [0.15, 0.2) is 83.8 Å². The Kier molecular flexibility index (Phi) is 6.50. The van der Waals surface area contributed by atoms with E-state index in [1.807, 2.05) is 92.3 Å². The van der Waals surface area contributed by atoms with Gasteiger partial charge in [-0.3, -0.25) is 4.79 Å². The van der Waals surface area contributed by atoms with Crippen LogP contribution in [0.4, 0.5) is 0 Å². The van der Waals surface area contributed by atoms with Crippen LogP contribution in [0.3, 0.4) is 0 Å². The van der Waals surface area contributed by atoms with Crippen molar-refractivity contribution in [3.05, 3.63) is 110 Å². The molecule has 0 atom stereocenters. The van der Waals surface area contributed by atoms with Crippen LogP contribution in [0.1, 0.15) is 25.0 Å². The number of aromatic nitrogens is 5. The zero-order valence-corrected chi connectivity index (χ0v) is 23.1. The van der Waals surface area contributed by atoms with E-state index in [1.165, 1.54) is 15.9 Å². The van der Waals surface area contributed by atoms with Crippen LogP contribution in [-0.4, -0.2) is 30.5 Å². The summed E-state index contributed by atoms with van der Waals surface area (Å²) in [6.07, 6.45) is 3.88. The SMILES string of the molecule is Cc1cc(-c2nn(-c3ccccc3)cc2C=c2sc3nc(-c4ccc(Cl)cc4)nn3c2=O)ccc1OC(C)C. The molecular formula is C30H24ClN5O2S. The third kappa shape index (κ3) is 4.96. The lowest BCUT2D eigenvalue weighted by Crippen LogP contribution is -2.23. The quantitative estimate of drug-likeness (QED) is 0.254. The lowest BCUT2D eigenvalue weighted by Gasteiger charge is -2.13. The number of hydrogen-bond acceptors (Lipinski definition) is 6. The van der Waals surface area contributed by atoms with Gasteiger partial charge in [0, 0.05) is 27.9 Å². The second-order valence-corrected chi connectivity index (χ2v) is 10.9. The Bertz CT molecular complexity index is 1910. The average molecular weight is 554 g/mol. The first-order valence-corrected chi connectivity index (χ1v) is 13.6. The Morgan fingerprint density at radius 1 is 0.974 bits per heavy atom. The largest absolute Gasteiger partial charge is 0.491 e. The number of ether oxygens (including phenoxy) is 1. The molecule has 0 bridgehead atoms. The topological polar surface area (TPSA) is 74.3 Å². The summed E-state index contributed by atoms with van der Waals surface area (Å²) in [5.41, 5.74) is 5.02. The number of hydrogen-bond donors (Lipinski definition) is 0. The van der Waals surface area contributed by atoms with Crippen molar-refractivity contribution in [2.24, 2.45) is 0 Å². The summed E-state index contributed by atoms with van der Waals surface area (Å²) in [4.78, 5) is 18.4. The number of fused-ring (bicyclic) bond motifs is 1. The highest BCUT2D eigenvalue weighted by Gasteiger charge is 2.16. The molecule has 3 aromatic heterocycles. The summed E-state index contributed by atoms with van der Waals surface area (Å²) in [5, 5.41) is 10.00. The lowest BCUT2D eigenvalue weighted by atomic mass is 10.0. The van der Waals surface area contributed by atoms with E-state index >= 15 is 0 Å². The molecule has 7 nitrogen and oxygen atoms in total. The smallest absolute Gasteiger partial charge is 0.291 e. The van der Waals surface area contributed by atoms with Crippen LogP contribution in [0.25, 0.3) is 39.4 Å². The standard InChI is InChI=1S/C30H24ClN5O2S/c1-18(2)38-25-14-11-21(15-19(25)3)27-22(17-35(33-27)24-7-5-4-6-8-24)16-26-29(37)36-30(39-26)32-28(34-36)20-9-12-23(31)13-10-20/h4-18H,1-3H3. The zero-order chi connectivity index (χ0) is 27.1. The molecule has 0 amide bonds. The molecular weight excluding hydrogens is 530 g/mol. The molecule has 9 heteroatoms. The van der Waals surface area contributed by atoms with Crippen LogP contribution in [0, 0.1) is 6.92 Å². The van der Waals surface area contributed by atoms with Gasteiger partial charge in [0.1, 0.15) is 11.4 Å². The molecule has 6 rings (SSSR count). The second-order valence-electron chi connectivity index (χ2n) is 9.41. The molecule has 0 aliphatic rings. The van der Waals surface area contributed by atoms with Gasteiger partial charge in [-0.25, -0.2) is 4.68 Å². The van der Waals surface area contributed by atoms with Gasteiger partial charge in [0.15, 0.2) is 5.82 Å². The maximum atomic E-state index is 13.3. The summed E-state index contributed by atoms with van der Waals surface area (Å²) in [7, 11) is 0. The molecule has 6 aromatic rings. The fourth-order valence-electron chi connectivity index (χ4n) is 4.31. The Hall–Kier alpha value is -4.27. The highest BCUT2D eigenvalue weighted by Crippen LogP contribution is 2.29. The van der Waals surface area contributed by atoms with E-state index in [0.717, 1.165) is 39.4 Å². The van der Waals surface area contributed by atoms with Gasteiger partial charge in [0.25, 0.3) is 5.56 Å². The van der Waals surface area contributed by atoms with E-state index in [-0.39, 0.29) is 11.7 Å². The Morgan fingerprint density at radius 2 is 1.72 bits per heavy atom. The average Bonchev–Trinajstić information content (AvgIpc) is 3.61. The Labute approximate surface area is 233 Å². The van der Waals surface area contributed by atoms with Crippen LogP contribution < -0.4 is 14.8 Å². The van der Waals surface area contributed by atoms with Crippen molar-refractivity contribution >= 4 is 34.0 Å². The number of rotatable bonds is 6. The minimum atomic E-state index is -0.224. The van der Waals surface area contributed by atoms with Gasteiger partial charge in [-0.1, -0.05) is 41.1 Å². The van der Waals surface area contributed by atoms with Crippen molar-refractivity contribution in [1.29, 1.82) is 0 Å². The predicted octanol–water partition coefficient (Wildman–Crippen LogP) is 5.97. The number of aryl methyl sites for hydroxylation is 1. The van der Waals surface area contributed by atoms with Gasteiger partial charge in [-0.2, -0.15) is 14.6 Å². The van der Waals surface area contributed by atoms with Gasteiger partial charge in [0.05, 0.1) is 16.3 Å². The molecule has 0 radical (unpaired) electrons. The minimum absolute atomic E-state index is 0.0813. The van der Waals surface area contributed by atoms with Gasteiger partial charge in [0.2, 0.25) is 4.96 Å². The summed E-state index contributed by atoms with van der Waals surface area (Å²) in [6, 6.07) is 23.1. The first-order valence-electron chi connectivity index (χ1n) is 12.5. The monoisotopic (exact) mass is 553 g/mol. The van der Waals surface area contributed by atoms with Crippen LogP contribution in [0.2, 0.25) is 5.02 Å². The minimum Gasteiger partial charge on any atom is -0.491 e. The number of nitrogens with zero attached hydrogens (tertiary/aromatic N) is 5. The summed E-state index contributed by atoms with van der Waals surface area (Å²) >= 11 is 7.30. The van der Waals surface area contributed by atoms with Gasteiger partial charge in [-0.05, 0) is 87.0 Å². The molecule has 0 saturated carbocycles. The van der Waals surface area contributed by atoms with Gasteiger partial charge in [-0.15, -0.1) is 5.10 Å². The van der Waals surface area contributed by atoms with E-state index in [0.29, 0.717) is 20.3 Å². The Morgan fingerprint density at radius 3 is 2.41 bits per heavy atom. The van der Waals surface area contributed by atoms with Crippen LogP contribution in [0.5, 0.6) is 5.75 Å². The van der Waals surface area contributed by atoms with Crippen molar-refractivity contribution < 1.29 is 4.74 Å². The first kappa shape index (κ1) is 25.0. The van der Waals surface area contributed by atoms with E-state index in [2.05, 4.69) is 16.1 Å². The third-order valence-corrected chi connectivity index (χ3v) is 7.36. The number of para-hydroxylation sites is 1. The van der Waals surface area contributed by atoms with Crippen LogP contribution in [-0.2, 0) is 0 Å². The molecule has 3 heterocycles. The lowest BCUT2D eigenvalue weighted by molar-refractivity contribution is 0.241. The maximum Gasteiger partial charge on any atom is 0.291 e. The Balaban J connectivity index is 1.46. The third-order valence-electron chi connectivity index (χ3n) is 6.15. The number of halogens is 1. The van der Waals surface area contributed by atoms with Gasteiger partial charge < -0.3 is 4.74 Å². The fourth-order valence-corrected chi connectivity index (χ4v) is 5.33. The van der Waals surface area contributed by atoms with Crippen molar-refractivity contribution in [2.45, 2.75) is 26.9 Å². The molecule has 3 aromatic carbocycles. The van der Waals surface area contributed by atoms with Crippen molar-refractivity contribution in [2.75, 3.05) is 0 Å². The molecule has 0 fully saturated rings. The van der Waals surface area contributed by atoms with Crippen molar-refractivity contribution in [3.8, 4) is 34.1 Å². The van der Waals surface area contributed by atoms with E-state index < -0.39 is 0 Å². The summed E-state index contributed by atoms with van der Waals surface area (Å²) < 4.78 is 9.63. The van der Waals surface area contributed by atoms with Crippen molar-refractivity contribution in [1.82, 2.24) is 24.4 Å². The second kappa shape index (κ2) is 10.1. The summed E-state index contributed by atoms with van der Waals surface area (Å²) in [6.45, 7) is 6.04. The molecule has 0 aliphatic carbocycles. The first-order chi connectivity index (χ1) is 18.9. The predicted molar refractivity (Wildman–Crippen MR) is 156 cm³/mol. The molecule has 0 N–H and O–H groups in total. The van der Waals surface area contributed by atoms with Crippen molar-refractivity contribution in [3.63, 3.8) is 0 Å². The fraction of sp³-hybridized carbons (Fsp3) is 0.133. The van der Waals surface area contributed by atoms with E-state index in [9.17, 15) is 4.79 Å². The van der Waals surface area contributed by atoms with Crippen LogP contribution >= 0.6 is 22.9 Å². The molecule has 0 unspecified atom stereocenters. The van der Waals surface area contributed by atoms with Gasteiger partial charge >= 0.3 is 0 Å². The number of benzene rings is 3. The van der Waals surface area contributed by atoms with E-state index in [1.54, 1.807) is 12.1 Å². The molecule has 194 valence electrons. The maximum absolute atomic E-state index is 13.3. The molecule has 0 spiro atoms. The zero-order valence-electron chi connectivity index (χ0n) is 21.5. The highest BCUT2D eigenvalue weighted by atomic mass is 35.5. The van der Waals surface area contributed by atoms with E-state index in [4.69, 9.17) is 21.4 Å². The molecule has 0 aliphatic heterocycles. The number of thiazole rings is 1. The molecule has 39 heavy (non-hydrogen) atoms. The summed E-state index contributed by atoms with van der Waals surface area (Å²) in [5.74, 6) is 1.32.